The van der Waals surface area contributed by atoms with Gasteiger partial charge in [0.25, 0.3) is 0 Å². The summed E-state index contributed by atoms with van der Waals surface area (Å²) in [5.74, 6) is 0. The van der Waals surface area contributed by atoms with Crippen molar-refractivity contribution in [1.29, 1.82) is 0 Å². The molecule has 0 aliphatic heterocycles. The average Bonchev–Trinajstić information content (AvgIpc) is 2.09. The predicted octanol–water partition coefficient (Wildman–Crippen LogP) is 5.38. The Kier molecular flexibility index (Phi) is 5.08. The van der Waals surface area contributed by atoms with Crippen molar-refractivity contribution < 1.29 is 0 Å². The molecule has 0 amide bonds. The minimum absolute atomic E-state index is 0.597. The summed E-state index contributed by atoms with van der Waals surface area (Å²) in [6.45, 7) is 2.17. The molecule has 1 aromatic rings. The van der Waals surface area contributed by atoms with E-state index in [-0.39, 0.29) is 0 Å². The molecule has 3 heteroatoms. The number of unbranched alkanes of at least 4 members (excludes halogenated alkanes) is 2. The number of hydrogen-bond acceptors (Lipinski definition) is 0. The number of hydrogen-bond donors (Lipinski definition) is 0. The fourth-order valence-electron chi connectivity index (χ4n) is 1.36. The lowest BCUT2D eigenvalue weighted by molar-refractivity contribution is 0.717. The molecule has 0 bridgehead atoms. The molecule has 0 fully saturated rings. The molecule has 0 aromatic heterocycles. The maximum atomic E-state index is 6.04. The van der Waals surface area contributed by atoms with Gasteiger partial charge in [-0.1, -0.05) is 54.6 Å². The van der Waals surface area contributed by atoms with Gasteiger partial charge in [0.2, 0.25) is 0 Å². The molecule has 0 saturated heterocycles. The van der Waals surface area contributed by atoms with Crippen LogP contribution >= 0.6 is 34.8 Å². The Hall–Kier alpha value is 0.0900. The van der Waals surface area contributed by atoms with Crippen LogP contribution in [0.5, 0.6) is 0 Å². The standard InChI is InChI=1S/C11H13Cl3/c1-2-3-4-5-9-10(13)6-8(12)7-11(9)14/h6-7H,2-5H2,1H3. The van der Waals surface area contributed by atoms with Gasteiger partial charge in [-0.05, 0) is 30.5 Å². The number of rotatable bonds is 4. The minimum Gasteiger partial charge on any atom is -0.0842 e. The quantitative estimate of drug-likeness (QED) is 0.630. The van der Waals surface area contributed by atoms with Crippen LogP contribution in [-0.4, -0.2) is 0 Å². The summed E-state index contributed by atoms with van der Waals surface area (Å²) in [6, 6.07) is 3.49. The predicted molar refractivity (Wildman–Crippen MR) is 64.7 cm³/mol. The van der Waals surface area contributed by atoms with Crippen LogP contribution in [0.15, 0.2) is 12.1 Å². The molecular weight excluding hydrogens is 238 g/mol. The van der Waals surface area contributed by atoms with Gasteiger partial charge in [0.15, 0.2) is 0 Å². The average molecular weight is 252 g/mol. The third-order valence-corrected chi connectivity index (χ3v) is 3.03. The van der Waals surface area contributed by atoms with Crippen LogP contribution in [0.3, 0.4) is 0 Å². The van der Waals surface area contributed by atoms with Crippen molar-refractivity contribution in [1.82, 2.24) is 0 Å². The van der Waals surface area contributed by atoms with E-state index in [1.807, 2.05) is 0 Å². The first-order valence-corrected chi connectivity index (χ1v) is 5.92. The van der Waals surface area contributed by atoms with Crippen LogP contribution < -0.4 is 0 Å². The number of halogens is 3. The van der Waals surface area contributed by atoms with E-state index in [1.54, 1.807) is 12.1 Å². The summed E-state index contributed by atoms with van der Waals surface area (Å²) >= 11 is 17.9. The lowest BCUT2D eigenvalue weighted by Gasteiger charge is -2.06. The molecule has 14 heavy (non-hydrogen) atoms. The molecule has 0 nitrogen and oxygen atoms in total. The number of benzene rings is 1. The summed E-state index contributed by atoms with van der Waals surface area (Å²) < 4.78 is 0. The summed E-state index contributed by atoms with van der Waals surface area (Å²) in [5, 5.41) is 1.96. The molecule has 0 heterocycles. The molecule has 0 unspecified atom stereocenters. The fourth-order valence-corrected chi connectivity index (χ4v) is 2.37. The lowest BCUT2D eigenvalue weighted by Crippen LogP contribution is -1.89. The van der Waals surface area contributed by atoms with E-state index in [9.17, 15) is 0 Å². The summed E-state index contributed by atoms with van der Waals surface area (Å²) in [6.07, 6.45) is 4.46. The zero-order chi connectivity index (χ0) is 10.6. The van der Waals surface area contributed by atoms with Gasteiger partial charge in [0, 0.05) is 15.1 Å². The zero-order valence-corrected chi connectivity index (χ0v) is 10.4. The summed E-state index contributed by atoms with van der Waals surface area (Å²) in [5.41, 5.74) is 1.02. The van der Waals surface area contributed by atoms with Gasteiger partial charge in [-0.25, -0.2) is 0 Å². The van der Waals surface area contributed by atoms with E-state index in [1.165, 1.54) is 12.8 Å². The Bertz CT molecular complexity index is 284. The van der Waals surface area contributed by atoms with Gasteiger partial charge in [0.1, 0.15) is 0 Å². The van der Waals surface area contributed by atoms with Crippen molar-refractivity contribution in [2.24, 2.45) is 0 Å². The summed E-state index contributed by atoms with van der Waals surface area (Å²) in [4.78, 5) is 0. The van der Waals surface area contributed by atoms with Gasteiger partial charge < -0.3 is 0 Å². The van der Waals surface area contributed by atoms with Crippen LogP contribution in [0.1, 0.15) is 31.7 Å². The highest BCUT2D eigenvalue weighted by molar-refractivity contribution is 6.39. The van der Waals surface area contributed by atoms with Crippen molar-refractivity contribution in [2.45, 2.75) is 32.6 Å². The molecule has 78 valence electrons. The molecule has 1 rings (SSSR count). The van der Waals surface area contributed by atoms with Gasteiger partial charge in [-0.2, -0.15) is 0 Å². The molecular formula is C11H13Cl3. The molecule has 0 aliphatic rings. The highest BCUT2D eigenvalue weighted by Gasteiger charge is 2.06. The molecule has 0 spiro atoms. The first kappa shape index (κ1) is 12.2. The maximum absolute atomic E-state index is 6.04. The van der Waals surface area contributed by atoms with E-state index < -0.39 is 0 Å². The largest absolute Gasteiger partial charge is 0.0842 e. The van der Waals surface area contributed by atoms with E-state index in [0.717, 1.165) is 18.4 Å². The van der Waals surface area contributed by atoms with E-state index >= 15 is 0 Å². The first-order chi connectivity index (χ1) is 6.65. The smallest absolute Gasteiger partial charge is 0.0467 e. The Labute approximate surface area is 100 Å². The van der Waals surface area contributed by atoms with Gasteiger partial charge in [0.05, 0.1) is 0 Å². The second-order valence-corrected chi connectivity index (χ2v) is 4.56. The van der Waals surface area contributed by atoms with E-state index in [0.29, 0.717) is 15.1 Å². The van der Waals surface area contributed by atoms with Crippen molar-refractivity contribution in [2.75, 3.05) is 0 Å². The third kappa shape index (κ3) is 3.34. The zero-order valence-electron chi connectivity index (χ0n) is 8.12. The first-order valence-electron chi connectivity index (χ1n) is 4.78. The Morgan fingerprint density at radius 1 is 1.00 bits per heavy atom. The Morgan fingerprint density at radius 3 is 2.07 bits per heavy atom. The molecule has 0 atom stereocenters. The molecule has 0 radical (unpaired) electrons. The molecule has 0 aliphatic carbocycles. The van der Waals surface area contributed by atoms with E-state index in [4.69, 9.17) is 34.8 Å². The van der Waals surface area contributed by atoms with Crippen molar-refractivity contribution >= 4 is 34.8 Å². The Balaban J connectivity index is 2.75. The topological polar surface area (TPSA) is 0 Å². The monoisotopic (exact) mass is 250 g/mol. The fraction of sp³-hybridized carbons (Fsp3) is 0.455. The van der Waals surface area contributed by atoms with Crippen molar-refractivity contribution in [3.05, 3.63) is 32.8 Å². The second kappa shape index (κ2) is 5.85. The van der Waals surface area contributed by atoms with Gasteiger partial charge in [-0.3, -0.25) is 0 Å². The van der Waals surface area contributed by atoms with Crippen LogP contribution in [0.2, 0.25) is 15.1 Å². The maximum Gasteiger partial charge on any atom is 0.0467 e. The van der Waals surface area contributed by atoms with Crippen molar-refractivity contribution in [3.63, 3.8) is 0 Å². The van der Waals surface area contributed by atoms with Crippen LogP contribution in [0.25, 0.3) is 0 Å². The van der Waals surface area contributed by atoms with Crippen LogP contribution in [-0.2, 0) is 6.42 Å². The molecule has 1 aromatic carbocycles. The van der Waals surface area contributed by atoms with Gasteiger partial charge >= 0.3 is 0 Å². The minimum atomic E-state index is 0.597. The highest BCUT2D eigenvalue weighted by Crippen LogP contribution is 2.30. The third-order valence-electron chi connectivity index (χ3n) is 2.14. The SMILES string of the molecule is CCCCCc1c(Cl)cc(Cl)cc1Cl. The van der Waals surface area contributed by atoms with Crippen LogP contribution in [0.4, 0.5) is 0 Å². The Morgan fingerprint density at radius 2 is 1.57 bits per heavy atom. The van der Waals surface area contributed by atoms with Crippen LogP contribution in [0, 0.1) is 0 Å². The normalized spacial score (nSPS) is 10.6. The summed E-state index contributed by atoms with van der Waals surface area (Å²) in [7, 11) is 0. The van der Waals surface area contributed by atoms with E-state index in [2.05, 4.69) is 6.92 Å². The second-order valence-electron chi connectivity index (χ2n) is 3.31. The van der Waals surface area contributed by atoms with Crippen molar-refractivity contribution in [3.8, 4) is 0 Å². The van der Waals surface area contributed by atoms with Gasteiger partial charge in [-0.15, -0.1) is 0 Å². The highest BCUT2D eigenvalue weighted by atomic mass is 35.5. The lowest BCUT2D eigenvalue weighted by atomic mass is 10.1. The molecule has 0 N–H and O–H groups in total. The molecule has 0 saturated carbocycles.